The fourth-order valence-electron chi connectivity index (χ4n) is 2.10. The number of carbonyl (C=O) groups excluding carboxylic acids is 1. The number of hydrogen-bond acceptors (Lipinski definition) is 4. The summed E-state index contributed by atoms with van der Waals surface area (Å²) in [7, 11) is 0. The maximum atomic E-state index is 11.7. The van der Waals surface area contributed by atoms with Crippen molar-refractivity contribution in [2.45, 2.75) is 32.6 Å². The van der Waals surface area contributed by atoms with Gasteiger partial charge < -0.3 is 10.6 Å². The highest BCUT2D eigenvalue weighted by Crippen LogP contribution is 2.20. The molecule has 17 heavy (non-hydrogen) atoms. The molecule has 0 spiro atoms. The summed E-state index contributed by atoms with van der Waals surface area (Å²) in [6.07, 6.45) is 5.79. The van der Waals surface area contributed by atoms with E-state index in [4.69, 9.17) is 0 Å². The normalized spacial score (nSPS) is 17.0. The summed E-state index contributed by atoms with van der Waals surface area (Å²) in [5.74, 6) is 0.804. The Morgan fingerprint density at radius 2 is 2.35 bits per heavy atom. The molecule has 5 heteroatoms. The Morgan fingerprint density at radius 3 is 3.00 bits per heavy atom. The molecule has 1 fully saturated rings. The second kappa shape index (κ2) is 6.12. The van der Waals surface area contributed by atoms with Crippen molar-refractivity contribution in [3.8, 4) is 0 Å². The molecule has 2 heterocycles. The van der Waals surface area contributed by atoms with Crippen molar-refractivity contribution in [1.82, 2.24) is 10.3 Å². The number of nitrogens with one attached hydrogen (secondary N) is 2. The standard InChI is InChI=1S/C12H19N3OS/c1-9-8-14-12(17-9)15-11(16)3-2-10-4-6-13-7-5-10/h8,10,13H,2-7H2,1H3,(H,14,15,16). The first kappa shape index (κ1) is 12.5. The SMILES string of the molecule is Cc1cnc(NC(=O)CCC2CCNCC2)s1. The smallest absolute Gasteiger partial charge is 0.226 e. The maximum Gasteiger partial charge on any atom is 0.226 e. The van der Waals surface area contributed by atoms with Gasteiger partial charge in [0, 0.05) is 17.5 Å². The molecule has 1 aromatic heterocycles. The number of thiazole rings is 1. The highest BCUT2D eigenvalue weighted by molar-refractivity contribution is 7.15. The third-order valence-electron chi connectivity index (χ3n) is 3.11. The van der Waals surface area contributed by atoms with Crippen molar-refractivity contribution in [2.24, 2.45) is 5.92 Å². The molecule has 0 atom stereocenters. The van der Waals surface area contributed by atoms with Gasteiger partial charge in [-0.3, -0.25) is 4.79 Å². The Kier molecular flexibility index (Phi) is 4.50. The quantitative estimate of drug-likeness (QED) is 0.864. The molecule has 2 N–H and O–H groups in total. The highest BCUT2D eigenvalue weighted by atomic mass is 32.1. The third-order valence-corrected chi connectivity index (χ3v) is 3.93. The van der Waals surface area contributed by atoms with Gasteiger partial charge in [0.2, 0.25) is 5.91 Å². The minimum absolute atomic E-state index is 0.0953. The van der Waals surface area contributed by atoms with E-state index in [0.29, 0.717) is 12.3 Å². The van der Waals surface area contributed by atoms with Crippen LogP contribution in [0.3, 0.4) is 0 Å². The molecular formula is C12H19N3OS. The molecule has 4 nitrogen and oxygen atoms in total. The maximum absolute atomic E-state index is 11.7. The van der Waals surface area contributed by atoms with Crippen LogP contribution in [0.4, 0.5) is 5.13 Å². The zero-order valence-electron chi connectivity index (χ0n) is 10.2. The number of aromatic nitrogens is 1. The fourth-order valence-corrected chi connectivity index (χ4v) is 2.78. The molecule has 1 aliphatic rings. The van der Waals surface area contributed by atoms with Gasteiger partial charge in [-0.1, -0.05) is 0 Å². The monoisotopic (exact) mass is 253 g/mol. The molecule has 0 unspecified atom stereocenters. The Morgan fingerprint density at radius 1 is 1.59 bits per heavy atom. The average Bonchev–Trinajstić information content (AvgIpc) is 2.73. The van der Waals surface area contributed by atoms with E-state index in [1.807, 2.05) is 6.92 Å². The molecule has 1 amide bonds. The first-order valence-electron chi connectivity index (χ1n) is 6.17. The summed E-state index contributed by atoms with van der Waals surface area (Å²) < 4.78 is 0. The van der Waals surface area contributed by atoms with E-state index in [-0.39, 0.29) is 5.91 Å². The number of amides is 1. The van der Waals surface area contributed by atoms with Crippen LogP contribution in [0.5, 0.6) is 0 Å². The zero-order valence-corrected chi connectivity index (χ0v) is 11.0. The molecule has 0 aromatic carbocycles. The lowest BCUT2D eigenvalue weighted by molar-refractivity contribution is -0.116. The predicted molar refractivity (Wildman–Crippen MR) is 70.3 cm³/mol. The van der Waals surface area contributed by atoms with Crippen LogP contribution < -0.4 is 10.6 Å². The first-order valence-corrected chi connectivity index (χ1v) is 6.98. The fraction of sp³-hybridized carbons (Fsp3) is 0.667. The lowest BCUT2D eigenvalue weighted by Gasteiger charge is -2.21. The van der Waals surface area contributed by atoms with Crippen LogP contribution in [0, 0.1) is 12.8 Å². The van der Waals surface area contributed by atoms with E-state index in [1.165, 1.54) is 24.2 Å². The van der Waals surface area contributed by atoms with Crippen molar-refractivity contribution < 1.29 is 4.79 Å². The van der Waals surface area contributed by atoms with Crippen molar-refractivity contribution >= 4 is 22.4 Å². The highest BCUT2D eigenvalue weighted by Gasteiger charge is 2.14. The largest absolute Gasteiger partial charge is 0.317 e. The van der Waals surface area contributed by atoms with Gasteiger partial charge in [-0.05, 0) is 45.2 Å². The molecule has 1 saturated heterocycles. The van der Waals surface area contributed by atoms with Crippen LogP contribution in [-0.4, -0.2) is 24.0 Å². The first-order chi connectivity index (χ1) is 8.24. The number of nitrogens with zero attached hydrogens (tertiary/aromatic N) is 1. The minimum atomic E-state index is 0.0953. The van der Waals surface area contributed by atoms with Gasteiger partial charge in [-0.15, -0.1) is 11.3 Å². The van der Waals surface area contributed by atoms with Crippen molar-refractivity contribution in [1.29, 1.82) is 0 Å². The number of piperidine rings is 1. The van der Waals surface area contributed by atoms with E-state index in [2.05, 4.69) is 15.6 Å². The van der Waals surface area contributed by atoms with Crippen LogP contribution in [0.1, 0.15) is 30.6 Å². The molecule has 1 aliphatic heterocycles. The van der Waals surface area contributed by atoms with Gasteiger partial charge in [-0.25, -0.2) is 4.98 Å². The van der Waals surface area contributed by atoms with Gasteiger partial charge >= 0.3 is 0 Å². The van der Waals surface area contributed by atoms with Crippen LogP contribution in [0.2, 0.25) is 0 Å². The third kappa shape index (κ3) is 4.09. The molecule has 0 radical (unpaired) electrons. The Labute approximate surface area is 106 Å². The molecule has 1 aromatic rings. The van der Waals surface area contributed by atoms with E-state index in [0.717, 1.165) is 29.5 Å². The van der Waals surface area contributed by atoms with Gasteiger partial charge in [0.15, 0.2) is 5.13 Å². The second-order valence-corrected chi connectivity index (χ2v) is 5.79. The van der Waals surface area contributed by atoms with Crippen molar-refractivity contribution in [3.63, 3.8) is 0 Å². The van der Waals surface area contributed by atoms with Crippen molar-refractivity contribution in [3.05, 3.63) is 11.1 Å². The minimum Gasteiger partial charge on any atom is -0.317 e. The van der Waals surface area contributed by atoms with Crippen LogP contribution in [0.15, 0.2) is 6.20 Å². The second-order valence-electron chi connectivity index (χ2n) is 4.56. The number of rotatable bonds is 4. The summed E-state index contributed by atoms with van der Waals surface area (Å²) in [4.78, 5) is 17.0. The summed E-state index contributed by atoms with van der Waals surface area (Å²) in [5.41, 5.74) is 0. The average molecular weight is 253 g/mol. The summed E-state index contributed by atoms with van der Waals surface area (Å²) in [6.45, 7) is 4.18. The topological polar surface area (TPSA) is 54.0 Å². The van der Waals surface area contributed by atoms with Gasteiger partial charge in [-0.2, -0.15) is 0 Å². The van der Waals surface area contributed by atoms with E-state index in [1.54, 1.807) is 6.20 Å². The van der Waals surface area contributed by atoms with Crippen LogP contribution >= 0.6 is 11.3 Å². The van der Waals surface area contributed by atoms with E-state index >= 15 is 0 Å². The number of anilines is 1. The molecule has 0 aliphatic carbocycles. The lowest BCUT2D eigenvalue weighted by Crippen LogP contribution is -2.28. The number of carbonyl (C=O) groups is 1. The molecule has 0 saturated carbocycles. The predicted octanol–water partition coefficient (Wildman–Crippen LogP) is 2.17. The number of hydrogen-bond donors (Lipinski definition) is 2. The van der Waals surface area contributed by atoms with Crippen LogP contribution in [-0.2, 0) is 4.79 Å². The lowest BCUT2D eigenvalue weighted by atomic mass is 9.93. The molecular weight excluding hydrogens is 234 g/mol. The molecule has 94 valence electrons. The Bertz CT molecular complexity index is 372. The van der Waals surface area contributed by atoms with Gasteiger partial charge in [0.25, 0.3) is 0 Å². The molecule has 0 bridgehead atoms. The summed E-state index contributed by atoms with van der Waals surface area (Å²) in [5, 5.41) is 6.91. The zero-order chi connectivity index (χ0) is 12.1. The van der Waals surface area contributed by atoms with Crippen molar-refractivity contribution in [2.75, 3.05) is 18.4 Å². The van der Waals surface area contributed by atoms with Gasteiger partial charge in [0.1, 0.15) is 0 Å². The summed E-state index contributed by atoms with van der Waals surface area (Å²) >= 11 is 1.52. The Hall–Kier alpha value is -0.940. The van der Waals surface area contributed by atoms with E-state index in [9.17, 15) is 4.79 Å². The number of aryl methyl sites for hydroxylation is 1. The van der Waals surface area contributed by atoms with Crippen LogP contribution in [0.25, 0.3) is 0 Å². The Balaban J connectivity index is 1.70. The van der Waals surface area contributed by atoms with Gasteiger partial charge in [0.05, 0.1) is 0 Å². The summed E-state index contributed by atoms with van der Waals surface area (Å²) in [6, 6.07) is 0. The van der Waals surface area contributed by atoms with E-state index < -0.39 is 0 Å². The molecule has 2 rings (SSSR count).